The van der Waals surface area contributed by atoms with Crippen molar-refractivity contribution in [2.24, 2.45) is 11.8 Å². The highest BCUT2D eigenvalue weighted by Crippen LogP contribution is 2.49. The van der Waals surface area contributed by atoms with E-state index in [1.165, 1.54) is 25.1 Å². The molecule has 0 bridgehead atoms. The second-order valence-electron chi connectivity index (χ2n) is 4.78. The standard InChI is InChI=1S/C13H17N/c1-9-4-2-3-5-11(9)12-6-10-7-14-8-13(10)12/h2-5,10,12-14H,6-8H2,1H3/t10-,12+,13-/m1/s1. The average molecular weight is 187 g/mol. The fourth-order valence-corrected chi connectivity index (χ4v) is 3.15. The minimum absolute atomic E-state index is 0.844. The summed E-state index contributed by atoms with van der Waals surface area (Å²) in [6, 6.07) is 8.87. The van der Waals surface area contributed by atoms with Crippen molar-refractivity contribution in [3.8, 4) is 0 Å². The predicted octanol–water partition coefficient (Wildman–Crippen LogP) is 2.32. The van der Waals surface area contributed by atoms with Crippen LogP contribution in [0, 0.1) is 18.8 Å². The van der Waals surface area contributed by atoms with Gasteiger partial charge in [0.2, 0.25) is 0 Å². The molecule has 1 heteroatoms. The molecule has 1 heterocycles. The molecular formula is C13H17N. The first-order chi connectivity index (χ1) is 6.86. The molecule has 1 saturated heterocycles. The summed E-state index contributed by atoms with van der Waals surface area (Å²) in [5.41, 5.74) is 3.07. The Morgan fingerprint density at radius 1 is 1.21 bits per heavy atom. The van der Waals surface area contributed by atoms with E-state index in [9.17, 15) is 0 Å². The summed E-state index contributed by atoms with van der Waals surface area (Å²) in [6.45, 7) is 4.74. The Balaban J connectivity index is 1.87. The zero-order chi connectivity index (χ0) is 9.54. The van der Waals surface area contributed by atoms with Crippen molar-refractivity contribution in [2.75, 3.05) is 13.1 Å². The van der Waals surface area contributed by atoms with Gasteiger partial charge >= 0.3 is 0 Å². The third-order valence-electron chi connectivity index (χ3n) is 4.05. The maximum absolute atomic E-state index is 3.50. The van der Waals surface area contributed by atoms with E-state index in [1.807, 2.05) is 0 Å². The van der Waals surface area contributed by atoms with E-state index in [1.54, 1.807) is 5.56 Å². The van der Waals surface area contributed by atoms with E-state index in [2.05, 4.69) is 36.5 Å². The Morgan fingerprint density at radius 3 is 2.86 bits per heavy atom. The predicted molar refractivity (Wildman–Crippen MR) is 58.4 cm³/mol. The highest BCUT2D eigenvalue weighted by Gasteiger charge is 2.44. The lowest BCUT2D eigenvalue weighted by Gasteiger charge is -2.40. The van der Waals surface area contributed by atoms with Crippen LogP contribution in [0.1, 0.15) is 23.5 Å². The van der Waals surface area contributed by atoms with Crippen LogP contribution < -0.4 is 5.32 Å². The summed E-state index contributed by atoms with van der Waals surface area (Å²) in [4.78, 5) is 0. The fourth-order valence-electron chi connectivity index (χ4n) is 3.15. The van der Waals surface area contributed by atoms with Crippen LogP contribution >= 0.6 is 0 Å². The van der Waals surface area contributed by atoms with Crippen molar-refractivity contribution in [1.29, 1.82) is 0 Å². The molecule has 14 heavy (non-hydrogen) atoms. The van der Waals surface area contributed by atoms with Crippen molar-refractivity contribution in [3.63, 3.8) is 0 Å². The zero-order valence-corrected chi connectivity index (χ0v) is 8.66. The molecule has 3 rings (SSSR count). The molecule has 0 unspecified atom stereocenters. The monoisotopic (exact) mass is 187 g/mol. The summed E-state index contributed by atoms with van der Waals surface area (Å²) in [7, 11) is 0. The maximum Gasteiger partial charge on any atom is -0.00114 e. The Morgan fingerprint density at radius 2 is 2.07 bits per heavy atom. The second-order valence-corrected chi connectivity index (χ2v) is 4.78. The van der Waals surface area contributed by atoms with Crippen LogP contribution in [0.3, 0.4) is 0 Å². The average Bonchev–Trinajstić information content (AvgIpc) is 2.52. The van der Waals surface area contributed by atoms with Crippen LogP contribution in [-0.2, 0) is 0 Å². The Labute approximate surface area is 85.5 Å². The highest BCUT2D eigenvalue weighted by molar-refractivity contribution is 5.32. The van der Waals surface area contributed by atoms with E-state index < -0.39 is 0 Å². The smallest absolute Gasteiger partial charge is 0.00114 e. The van der Waals surface area contributed by atoms with Crippen molar-refractivity contribution in [3.05, 3.63) is 35.4 Å². The van der Waals surface area contributed by atoms with E-state index >= 15 is 0 Å². The topological polar surface area (TPSA) is 12.0 Å². The van der Waals surface area contributed by atoms with E-state index in [0.717, 1.165) is 17.8 Å². The Kier molecular flexibility index (Phi) is 1.88. The molecule has 0 amide bonds. The van der Waals surface area contributed by atoms with Crippen molar-refractivity contribution in [1.82, 2.24) is 5.32 Å². The number of nitrogens with one attached hydrogen (secondary N) is 1. The molecule has 3 atom stereocenters. The molecule has 2 fully saturated rings. The maximum atomic E-state index is 3.50. The Bertz CT molecular complexity index is 345. The lowest BCUT2D eigenvalue weighted by atomic mass is 9.63. The quantitative estimate of drug-likeness (QED) is 0.711. The summed E-state index contributed by atoms with van der Waals surface area (Å²) >= 11 is 0. The second kappa shape index (κ2) is 3.09. The highest BCUT2D eigenvalue weighted by atomic mass is 14.9. The SMILES string of the molecule is Cc1ccccc1[C@@H]1C[C@@H]2CNC[C@H]21. The minimum atomic E-state index is 0.844. The first-order valence-corrected chi connectivity index (χ1v) is 5.62. The van der Waals surface area contributed by atoms with Crippen LogP contribution in [0.25, 0.3) is 0 Å². The lowest BCUT2D eigenvalue weighted by molar-refractivity contribution is 0.190. The van der Waals surface area contributed by atoms with Crippen LogP contribution in [0.2, 0.25) is 0 Å². The number of hydrogen-bond acceptors (Lipinski definition) is 1. The molecule has 0 aromatic heterocycles. The van der Waals surface area contributed by atoms with Gasteiger partial charge in [-0.25, -0.2) is 0 Å². The van der Waals surface area contributed by atoms with Crippen molar-refractivity contribution in [2.45, 2.75) is 19.3 Å². The van der Waals surface area contributed by atoms with Gasteiger partial charge in [-0.15, -0.1) is 0 Å². The van der Waals surface area contributed by atoms with Crippen molar-refractivity contribution < 1.29 is 0 Å². The van der Waals surface area contributed by atoms with Crippen LogP contribution in [0.4, 0.5) is 0 Å². The van der Waals surface area contributed by atoms with Gasteiger partial charge in [0.25, 0.3) is 0 Å². The molecule has 1 saturated carbocycles. The zero-order valence-electron chi connectivity index (χ0n) is 8.66. The molecular weight excluding hydrogens is 170 g/mol. The molecule has 0 radical (unpaired) electrons. The number of benzene rings is 1. The number of hydrogen-bond donors (Lipinski definition) is 1. The van der Waals surface area contributed by atoms with Gasteiger partial charge in [-0.1, -0.05) is 24.3 Å². The molecule has 2 aliphatic rings. The van der Waals surface area contributed by atoms with Gasteiger partial charge in [-0.2, -0.15) is 0 Å². The molecule has 0 spiro atoms. The number of fused-ring (bicyclic) bond motifs is 1. The first-order valence-electron chi connectivity index (χ1n) is 5.62. The van der Waals surface area contributed by atoms with E-state index in [0.29, 0.717) is 0 Å². The van der Waals surface area contributed by atoms with E-state index in [4.69, 9.17) is 0 Å². The molecule has 74 valence electrons. The van der Waals surface area contributed by atoms with Crippen molar-refractivity contribution >= 4 is 0 Å². The van der Waals surface area contributed by atoms with E-state index in [-0.39, 0.29) is 0 Å². The van der Waals surface area contributed by atoms with Crippen LogP contribution in [-0.4, -0.2) is 13.1 Å². The molecule has 1 N–H and O–H groups in total. The molecule has 1 nitrogen and oxygen atoms in total. The van der Waals surface area contributed by atoms with Gasteiger partial charge in [-0.05, 0) is 55.3 Å². The summed E-state index contributed by atoms with van der Waals surface area (Å²) < 4.78 is 0. The molecule has 1 aromatic carbocycles. The Hall–Kier alpha value is -0.820. The number of aryl methyl sites for hydroxylation is 1. The molecule has 1 aliphatic heterocycles. The lowest BCUT2D eigenvalue weighted by Crippen LogP contribution is -2.33. The van der Waals surface area contributed by atoms with Gasteiger partial charge in [0, 0.05) is 0 Å². The summed E-state index contributed by atoms with van der Waals surface area (Å²) in [5, 5.41) is 3.50. The fraction of sp³-hybridized carbons (Fsp3) is 0.538. The van der Waals surface area contributed by atoms with Gasteiger partial charge in [0.1, 0.15) is 0 Å². The van der Waals surface area contributed by atoms with Gasteiger partial charge in [0.15, 0.2) is 0 Å². The summed E-state index contributed by atoms with van der Waals surface area (Å²) in [5.74, 6) is 2.74. The largest absolute Gasteiger partial charge is 0.316 e. The van der Waals surface area contributed by atoms with Gasteiger partial charge in [-0.3, -0.25) is 0 Å². The third-order valence-corrected chi connectivity index (χ3v) is 4.05. The first kappa shape index (κ1) is 8.49. The molecule has 1 aromatic rings. The van der Waals surface area contributed by atoms with Crippen LogP contribution in [0.5, 0.6) is 0 Å². The minimum Gasteiger partial charge on any atom is -0.316 e. The van der Waals surface area contributed by atoms with Crippen LogP contribution in [0.15, 0.2) is 24.3 Å². The van der Waals surface area contributed by atoms with Gasteiger partial charge < -0.3 is 5.32 Å². The molecule has 1 aliphatic carbocycles. The summed E-state index contributed by atoms with van der Waals surface area (Å²) in [6.07, 6.45) is 1.41. The number of rotatable bonds is 1. The third kappa shape index (κ3) is 1.12. The normalized spacial score (nSPS) is 35.1. The van der Waals surface area contributed by atoms with Gasteiger partial charge in [0.05, 0.1) is 0 Å².